The molecule has 12 heteroatoms. The minimum Gasteiger partial charge on any atom is -0.351 e. The van der Waals surface area contributed by atoms with Gasteiger partial charge in [0.1, 0.15) is 0 Å². The number of halogens is 3. The molecule has 8 nitrogen and oxygen atoms in total. The van der Waals surface area contributed by atoms with Crippen LogP contribution in [0.4, 0.5) is 23.9 Å². The third kappa shape index (κ3) is 6.63. The molecular weight excluding hydrogens is 529 g/mol. The van der Waals surface area contributed by atoms with E-state index in [9.17, 15) is 22.8 Å². The molecule has 2 aromatic heterocycles. The second-order valence-corrected chi connectivity index (χ2v) is 10.3. The minimum absolute atomic E-state index is 0.0759. The highest BCUT2D eigenvalue weighted by Crippen LogP contribution is 2.37. The van der Waals surface area contributed by atoms with Crippen LogP contribution in [-0.2, 0) is 17.5 Å². The Morgan fingerprint density at radius 2 is 1.74 bits per heavy atom. The first-order valence-electron chi connectivity index (χ1n) is 12.4. The average Bonchev–Trinajstić information content (AvgIpc) is 3.24. The molecule has 1 aromatic carbocycles. The van der Waals surface area contributed by atoms with Gasteiger partial charge in [-0.25, -0.2) is 9.97 Å². The van der Waals surface area contributed by atoms with Crippen molar-refractivity contribution >= 4 is 34.9 Å². The van der Waals surface area contributed by atoms with Crippen LogP contribution in [-0.4, -0.2) is 38.2 Å². The van der Waals surface area contributed by atoms with Gasteiger partial charge >= 0.3 is 6.18 Å². The lowest BCUT2D eigenvalue weighted by Gasteiger charge is -2.30. The number of hydrogen-bond donors (Lipinski definition) is 3. The Labute approximate surface area is 226 Å². The van der Waals surface area contributed by atoms with Crippen LogP contribution in [0.25, 0.3) is 17.3 Å². The van der Waals surface area contributed by atoms with Crippen molar-refractivity contribution in [2.75, 3.05) is 5.32 Å². The zero-order chi connectivity index (χ0) is 27.4. The zero-order valence-corrected chi connectivity index (χ0v) is 21.5. The molecule has 1 aliphatic heterocycles. The van der Waals surface area contributed by atoms with Gasteiger partial charge in [0.15, 0.2) is 0 Å². The highest BCUT2D eigenvalue weighted by Gasteiger charge is 2.34. The highest BCUT2D eigenvalue weighted by atomic mass is 32.2. The lowest BCUT2D eigenvalue weighted by atomic mass is 9.91. The number of aromatic nitrogens is 3. The van der Waals surface area contributed by atoms with Crippen LogP contribution in [0, 0.1) is 0 Å². The molecule has 3 heterocycles. The predicted octanol–water partition coefficient (Wildman–Crippen LogP) is 5.39. The topological polar surface area (TPSA) is 109 Å². The van der Waals surface area contributed by atoms with Gasteiger partial charge in [-0.05, 0) is 67.3 Å². The van der Waals surface area contributed by atoms with Gasteiger partial charge in [-0.3, -0.25) is 19.9 Å². The highest BCUT2D eigenvalue weighted by molar-refractivity contribution is 8.18. The van der Waals surface area contributed by atoms with Gasteiger partial charge in [0.25, 0.3) is 11.1 Å². The summed E-state index contributed by atoms with van der Waals surface area (Å²) in [5.41, 5.74) is 0.946. The van der Waals surface area contributed by atoms with Crippen molar-refractivity contribution in [3.63, 3.8) is 0 Å². The lowest BCUT2D eigenvalue weighted by molar-refractivity contribution is -0.137. The average molecular weight is 555 g/mol. The van der Waals surface area contributed by atoms with Crippen molar-refractivity contribution in [2.45, 2.75) is 50.5 Å². The standard InChI is InChI=1S/C27H25F3N6O2S/c28-27(29,30)21-6-2-1-5-20(21)23-16(4-3-12-31-23)15-33-17-7-9-18(10-8-17)34-25-32-13-11-19(35-25)14-22-24(37)36-26(38)39-22/h1-6,11-14,17-18,33H,7-10,15H2,(H,32,34,35)(H,36,37,38)/b22-14-/t17-,18-. The van der Waals surface area contributed by atoms with Crippen LogP contribution in [0.2, 0.25) is 0 Å². The maximum absolute atomic E-state index is 13.6. The monoisotopic (exact) mass is 554 g/mol. The quantitative estimate of drug-likeness (QED) is 0.334. The molecule has 2 fully saturated rings. The largest absolute Gasteiger partial charge is 0.417 e. The molecule has 0 atom stereocenters. The zero-order valence-electron chi connectivity index (χ0n) is 20.7. The first-order valence-corrected chi connectivity index (χ1v) is 13.3. The predicted molar refractivity (Wildman–Crippen MR) is 142 cm³/mol. The van der Waals surface area contributed by atoms with Crippen LogP contribution < -0.4 is 16.0 Å². The first kappa shape index (κ1) is 26.8. The van der Waals surface area contributed by atoms with Gasteiger partial charge in [-0.2, -0.15) is 13.2 Å². The van der Waals surface area contributed by atoms with Gasteiger partial charge in [0.2, 0.25) is 5.95 Å². The van der Waals surface area contributed by atoms with E-state index in [0.717, 1.165) is 43.5 Å². The van der Waals surface area contributed by atoms with E-state index in [-0.39, 0.29) is 22.6 Å². The van der Waals surface area contributed by atoms with Crippen molar-refractivity contribution in [1.82, 2.24) is 25.6 Å². The van der Waals surface area contributed by atoms with Gasteiger partial charge < -0.3 is 10.6 Å². The van der Waals surface area contributed by atoms with Crippen molar-refractivity contribution in [3.05, 3.63) is 76.6 Å². The van der Waals surface area contributed by atoms with E-state index in [0.29, 0.717) is 29.4 Å². The molecule has 0 bridgehead atoms. The molecule has 1 saturated carbocycles. The fourth-order valence-electron chi connectivity index (χ4n) is 4.72. The number of imide groups is 1. The van der Waals surface area contributed by atoms with E-state index >= 15 is 0 Å². The third-order valence-corrected chi connectivity index (χ3v) is 7.43. The molecule has 39 heavy (non-hydrogen) atoms. The van der Waals surface area contributed by atoms with E-state index < -0.39 is 22.9 Å². The molecule has 5 rings (SSSR count). The number of hydrogen-bond acceptors (Lipinski definition) is 8. The smallest absolute Gasteiger partial charge is 0.351 e. The molecule has 202 valence electrons. The van der Waals surface area contributed by atoms with Crippen LogP contribution in [0.3, 0.4) is 0 Å². The number of nitrogens with zero attached hydrogens (tertiary/aromatic N) is 3. The minimum atomic E-state index is -4.46. The van der Waals surface area contributed by atoms with Crippen LogP contribution in [0.1, 0.15) is 42.5 Å². The fraction of sp³-hybridized carbons (Fsp3) is 0.296. The van der Waals surface area contributed by atoms with Crippen molar-refractivity contribution in [1.29, 1.82) is 0 Å². The Balaban J connectivity index is 1.17. The summed E-state index contributed by atoms with van der Waals surface area (Å²) in [6.07, 6.45) is 3.65. The molecule has 0 radical (unpaired) electrons. The Kier molecular flexibility index (Phi) is 7.94. The fourth-order valence-corrected chi connectivity index (χ4v) is 5.38. The second kappa shape index (κ2) is 11.5. The molecule has 3 N–H and O–H groups in total. The van der Waals surface area contributed by atoms with Gasteiger partial charge in [0, 0.05) is 36.6 Å². The summed E-state index contributed by atoms with van der Waals surface area (Å²) < 4.78 is 40.8. The number of carbonyl (C=O) groups is 2. The van der Waals surface area contributed by atoms with Crippen LogP contribution in [0.15, 0.2) is 59.8 Å². The SMILES string of the molecule is O=C1NC(=O)/C(=C/c2ccnc(N[C@H]3CC[C@H](NCc4cccnc4-c4ccccc4C(F)(F)F)CC3)n2)S1. The van der Waals surface area contributed by atoms with Crippen LogP contribution in [0.5, 0.6) is 0 Å². The summed E-state index contributed by atoms with van der Waals surface area (Å²) in [7, 11) is 0. The van der Waals surface area contributed by atoms with E-state index in [2.05, 4.69) is 30.9 Å². The molecule has 2 amide bonds. The van der Waals surface area contributed by atoms with Crippen LogP contribution >= 0.6 is 11.8 Å². The third-order valence-electron chi connectivity index (χ3n) is 6.62. The molecule has 2 aliphatic rings. The van der Waals surface area contributed by atoms with E-state index in [1.54, 1.807) is 36.5 Å². The van der Waals surface area contributed by atoms with E-state index in [4.69, 9.17) is 0 Å². The lowest BCUT2D eigenvalue weighted by Crippen LogP contribution is -2.37. The van der Waals surface area contributed by atoms with E-state index in [1.807, 2.05) is 0 Å². The summed E-state index contributed by atoms with van der Waals surface area (Å²) in [6, 6.07) is 11.1. The molecule has 0 unspecified atom stereocenters. The number of rotatable bonds is 7. The summed E-state index contributed by atoms with van der Waals surface area (Å²) >= 11 is 0.834. The van der Waals surface area contributed by atoms with Crippen molar-refractivity contribution in [3.8, 4) is 11.3 Å². The number of carbonyl (C=O) groups excluding carboxylic acids is 2. The Morgan fingerprint density at radius 1 is 0.974 bits per heavy atom. The second-order valence-electron chi connectivity index (χ2n) is 9.29. The Morgan fingerprint density at radius 3 is 2.49 bits per heavy atom. The number of benzene rings is 1. The summed E-state index contributed by atoms with van der Waals surface area (Å²) in [6.45, 7) is 0.409. The molecule has 1 aliphatic carbocycles. The maximum Gasteiger partial charge on any atom is 0.417 e. The molecule has 1 saturated heterocycles. The normalized spacial score (nSPS) is 20.7. The van der Waals surface area contributed by atoms with Gasteiger partial charge in [0.05, 0.1) is 21.9 Å². The first-order chi connectivity index (χ1) is 18.8. The Hall–Kier alpha value is -3.77. The maximum atomic E-state index is 13.6. The molecular formula is C27H25F3N6O2S. The number of nitrogens with one attached hydrogen (secondary N) is 3. The van der Waals surface area contributed by atoms with Gasteiger partial charge in [-0.1, -0.05) is 24.3 Å². The molecule has 3 aromatic rings. The number of pyridine rings is 1. The van der Waals surface area contributed by atoms with Crippen molar-refractivity contribution in [2.24, 2.45) is 0 Å². The molecule has 0 spiro atoms. The van der Waals surface area contributed by atoms with Crippen molar-refractivity contribution < 1.29 is 22.8 Å². The van der Waals surface area contributed by atoms with Gasteiger partial charge in [-0.15, -0.1) is 0 Å². The number of anilines is 1. The summed E-state index contributed by atoms with van der Waals surface area (Å²) in [5.74, 6) is 0.00531. The summed E-state index contributed by atoms with van der Waals surface area (Å²) in [5, 5.41) is 8.64. The van der Waals surface area contributed by atoms with E-state index in [1.165, 1.54) is 18.3 Å². The number of thioether (sulfide) groups is 1. The Bertz CT molecular complexity index is 1410. The summed E-state index contributed by atoms with van der Waals surface area (Å²) in [4.78, 5) is 36.4. The number of alkyl halides is 3. The number of amides is 2.